The number of benzene rings is 1. The van der Waals surface area contributed by atoms with E-state index in [-0.39, 0.29) is 44.6 Å². The molecule has 1 amide bonds. The number of aryl methyl sites for hydroxylation is 2. The topological polar surface area (TPSA) is 64.6 Å². The van der Waals surface area contributed by atoms with Gasteiger partial charge < -0.3 is 14.8 Å². The van der Waals surface area contributed by atoms with E-state index in [4.69, 9.17) is 21.1 Å². The number of ether oxygens (including phenoxy) is 2. The first-order valence-corrected chi connectivity index (χ1v) is 10.3. The Labute approximate surface area is 179 Å². The number of amides is 1. The van der Waals surface area contributed by atoms with E-state index in [2.05, 4.69) is 5.32 Å². The summed E-state index contributed by atoms with van der Waals surface area (Å²) >= 11 is 6.04. The first-order chi connectivity index (χ1) is 14.0. The van der Waals surface area contributed by atoms with Gasteiger partial charge in [0.2, 0.25) is 5.91 Å². The summed E-state index contributed by atoms with van der Waals surface area (Å²) in [5, 5.41) is 3.38. The number of carbonyl (C=O) groups is 2. The van der Waals surface area contributed by atoms with Gasteiger partial charge in [0.05, 0.1) is 19.1 Å². The van der Waals surface area contributed by atoms with Crippen molar-refractivity contribution in [3.8, 4) is 0 Å². The Hall–Kier alpha value is -1.80. The number of hydrogen-bond acceptors (Lipinski definition) is 4. The SMILES string of the molecule is CCOC(=O)C1(NC(=O)Cc2c(C)cc(Cl)cc2C)CCC(OCC(F)(F)F)CC1. The lowest BCUT2D eigenvalue weighted by molar-refractivity contribution is -0.190. The molecule has 0 heterocycles. The highest BCUT2D eigenvalue weighted by Gasteiger charge is 2.45. The fraction of sp³-hybridized carbons (Fsp3) is 0.619. The van der Waals surface area contributed by atoms with Crippen molar-refractivity contribution in [3.63, 3.8) is 0 Å². The molecule has 30 heavy (non-hydrogen) atoms. The Bertz CT molecular complexity index is 751. The average Bonchev–Trinajstić information content (AvgIpc) is 2.63. The van der Waals surface area contributed by atoms with Crippen LogP contribution in [0.4, 0.5) is 13.2 Å². The fourth-order valence-corrected chi connectivity index (χ4v) is 4.13. The van der Waals surface area contributed by atoms with Crippen LogP contribution in [0.25, 0.3) is 0 Å². The van der Waals surface area contributed by atoms with Gasteiger partial charge in [-0.3, -0.25) is 4.79 Å². The average molecular weight is 450 g/mol. The van der Waals surface area contributed by atoms with Crippen molar-refractivity contribution in [1.29, 1.82) is 0 Å². The van der Waals surface area contributed by atoms with Crippen molar-refractivity contribution in [2.45, 2.75) is 70.7 Å². The van der Waals surface area contributed by atoms with Crippen LogP contribution in [-0.2, 0) is 25.5 Å². The first-order valence-electron chi connectivity index (χ1n) is 9.88. The van der Waals surface area contributed by atoms with Gasteiger partial charge in [0.15, 0.2) is 0 Å². The standard InChI is InChI=1S/C21H27ClF3NO4/c1-4-29-19(28)20(7-5-16(6-8-20)30-12-21(23,24)25)26-18(27)11-17-13(2)9-15(22)10-14(17)3/h9-10,16H,4-8,11-12H2,1-3H3,(H,26,27). The van der Waals surface area contributed by atoms with Crippen LogP contribution in [0.1, 0.15) is 49.3 Å². The molecule has 5 nitrogen and oxygen atoms in total. The van der Waals surface area contributed by atoms with Gasteiger partial charge in [-0.15, -0.1) is 0 Å². The molecule has 1 aromatic carbocycles. The van der Waals surface area contributed by atoms with Crippen molar-refractivity contribution >= 4 is 23.5 Å². The zero-order valence-corrected chi connectivity index (χ0v) is 18.1. The summed E-state index contributed by atoms with van der Waals surface area (Å²) in [5.74, 6) is -0.927. The number of nitrogens with one attached hydrogen (secondary N) is 1. The maximum Gasteiger partial charge on any atom is 0.411 e. The van der Waals surface area contributed by atoms with Gasteiger partial charge in [-0.25, -0.2) is 4.79 Å². The van der Waals surface area contributed by atoms with Gasteiger partial charge in [-0.2, -0.15) is 13.2 Å². The highest BCUT2D eigenvalue weighted by molar-refractivity contribution is 6.30. The number of hydrogen-bond donors (Lipinski definition) is 1. The largest absolute Gasteiger partial charge is 0.464 e. The molecule has 0 atom stereocenters. The molecule has 2 rings (SSSR count). The van der Waals surface area contributed by atoms with Crippen molar-refractivity contribution in [1.82, 2.24) is 5.32 Å². The minimum atomic E-state index is -4.40. The van der Waals surface area contributed by atoms with Crippen molar-refractivity contribution in [2.75, 3.05) is 13.2 Å². The maximum absolute atomic E-state index is 12.8. The lowest BCUT2D eigenvalue weighted by Crippen LogP contribution is -2.58. The molecular weight excluding hydrogens is 423 g/mol. The minimum absolute atomic E-state index is 0.0595. The summed E-state index contributed by atoms with van der Waals surface area (Å²) < 4.78 is 47.3. The van der Waals surface area contributed by atoms with Crippen LogP contribution in [0, 0.1) is 13.8 Å². The van der Waals surface area contributed by atoms with E-state index < -0.39 is 30.4 Å². The van der Waals surface area contributed by atoms with E-state index in [0.717, 1.165) is 16.7 Å². The molecule has 1 aromatic rings. The van der Waals surface area contributed by atoms with E-state index in [1.54, 1.807) is 19.1 Å². The molecule has 0 aliphatic heterocycles. The minimum Gasteiger partial charge on any atom is -0.464 e. The van der Waals surface area contributed by atoms with E-state index in [0.29, 0.717) is 5.02 Å². The molecule has 0 bridgehead atoms. The van der Waals surface area contributed by atoms with Gasteiger partial charge >= 0.3 is 12.1 Å². The Morgan fingerprint density at radius 3 is 2.27 bits per heavy atom. The highest BCUT2D eigenvalue weighted by atomic mass is 35.5. The zero-order valence-electron chi connectivity index (χ0n) is 17.3. The van der Waals surface area contributed by atoms with Crippen LogP contribution in [0.2, 0.25) is 5.02 Å². The highest BCUT2D eigenvalue weighted by Crippen LogP contribution is 2.33. The second-order valence-corrected chi connectivity index (χ2v) is 8.11. The van der Waals surface area contributed by atoms with Crippen LogP contribution in [-0.4, -0.2) is 42.9 Å². The lowest BCUT2D eigenvalue weighted by atomic mass is 9.80. The predicted molar refractivity (Wildman–Crippen MR) is 106 cm³/mol. The van der Waals surface area contributed by atoms with Crippen LogP contribution in [0.15, 0.2) is 12.1 Å². The molecule has 1 fully saturated rings. The molecule has 1 aliphatic rings. The van der Waals surface area contributed by atoms with E-state index in [1.807, 2.05) is 13.8 Å². The summed E-state index contributed by atoms with van der Waals surface area (Å²) in [4.78, 5) is 25.4. The molecule has 168 valence electrons. The molecule has 1 N–H and O–H groups in total. The van der Waals surface area contributed by atoms with E-state index in [9.17, 15) is 22.8 Å². The number of esters is 1. The third-order valence-corrected chi connectivity index (χ3v) is 5.53. The smallest absolute Gasteiger partial charge is 0.411 e. The summed E-state index contributed by atoms with van der Waals surface area (Å²) in [6.07, 6.45) is -4.23. The van der Waals surface area contributed by atoms with Gasteiger partial charge in [0.1, 0.15) is 12.1 Å². The molecule has 0 saturated heterocycles. The van der Waals surface area contributed by atoms with Gasteiger partial charge in [-0.05, 0) is 75.3 Å². The normalized spacial score (nSPS) is 21.9. The van der Waals surface area contributed by atoms with Crippen molar-refractivity contribution in [3.05, 3.63) is 33.8 Å². The number of alkyl halides is 3. The summed E-state index contributed by atoms with van der Waals surface area (Å²) in [6, 6.07) is 3.53. The molecule has 0 aromatic heterocycles. The second kappa shape index (κ2) is 10.0. The molecule has 0 unspecified atom stereocenters. The summed E-state index contributed by atoms with van der Waals surface area (Å²) in [6.45, 7) is 4.18. The number of rotatable bonds is 7. The van der Waals surface area contributed by atoms with Gasteiger partial charge in [0.25, 0.3) is 0 Å². The van der Waals surface area contributed by atoms with Crippen LogP contribution < -0.4 is 5.32 Å². The fourth-order valence-electron chi connectivity index (χ4n) is 3.80. The third kappa shape index (κ3) is 6.60. The Kier molecular flexibility index (Phi) is 8.16. The van der Waals surface area contributed by atoms with Crippen LogP contribution in [0.5, 0.6) is 0 Å². The number of halogens is 4. The molecule has 0 radical (unpaired) electrons. The maximum atomic E-state index is 12.8. The second-order valence-electron chi connectivity index (χ2n) is 7.67. The molecular formula is C21H27ClF3NO4. The molecule has 1 saturated carbocycles. The first kappa shape index (κ1) is 24.5. The third-order valence-electron chi connectivity index (χ3n) is 5.31. The summed E-state index contributed by atoms with van der Waals surface area (Å²) in [5.41, 5.74) is 1.28. The van der Waals surface area contributed by atoms with E-state index in [1.165, 1.54) is 0 Å². The van der Waals surface area contributed by atoms with Crippen LogP contribution >= 0.6 is 11.6 Å². The van der Waals surface area contributed by atoms with Gasteiger partial charge in [-0.1, -0.05) is 11.6 Å². The Morgan fingerprint density at radius 2 is 1.77 bits per heavy atom. The van der Waals surface area contributed by atoms with Gasteiger partial charge in [0, 0.05) is 5.02 Å². The molecule has 1 aliphatic carbocycles. The van der Waals surface area contributed by atoms with Crippen LogP contribution in [0.3, 0.4) is 0 Å². The monoisotopic (exact) mass is 449 g/mol. The quantitative estimate of drug-likeness (QED) is 0.625. The predicted octanol–water partition coefficient (Wildman–Crippen LogP) is 4.44. The lowest BCUT2D eigenvalue weighted by Gasteiger charge is -2.38. The Balaban J connectivity index is 2.09. The molecule has 0 spiro atoms. The molecule has 9 heteroatoms. The summed E-state index contributed by atoms with van der Waals surface area (Å²) in [7, 11) is 0. The number of carbonyl (C=O) groups excluding carboxylic acids is 2. The zero-order chi connectivity index (χ0) is 22.5. The Morgan fingerprint density at radius 1 is 1.20 bits per heavy atom. The van der Waals surface area contributed by atoms with Crippen molar-refractivity contribution in [2.24, 2.45) is 0 Å². The van der Waals surface area contributed by atoms with E-state index >= 15 is 0 Å². The van der Waals surface area contributed by atoms with Crippen molar-refractivity contribution < 1.29 is 32.2 Å².